The Kier molecular flexibility index (Phi) is 13.9. The molecule has 0 aliphatic carbocycles. The summed E-state index contributed by atoms with van der Waals surface area (Å²) >= 11 is 0. The molecule has 0 fully saturated rings. The molecule has 0 bridgehead atoms. The Labute approximate surface area is 345 Å². The van der Waals surface area contributed by atoms with Crippen molar-refractivity contribution in [3.63, 3.8) is 0 Å². The van der Waals surface area contributed by atoms with Crippen molar-refractivity contribution < 1.29 is 29.7 Å². The van der Waals surface area contributed by atoms with Crippen LogP contribution in [-0.4, -0.2) is 59.0 Å². The first-order valence-electron chi connectivity index (χ1n) is 18.3. The maximum absolute atomic E-state index is 10.8. The monoisotopic (exact) mass is 789 g/mol. The minimum atomic E-state index is -0.932. The maximum atomic E-state index is 10.8. The average molecular weight is 790 g/mol. The van der Waals surface area contributed by atoms with Crippen molar-refractivity contribution in [2.45, 2.75) is 0 Å². The molecule has 292 valence electrons. The summed E-state index contributed by atoms with van der Waals surface area (Å²) in [5.41, 5.74) is 9.49. The Morgan fingerprint density at radius 3 is 1.35 bits per heavy atom. The highest BCUT2D eigenvalue weighted by molar-refractivity contribution is 5.90. The van der Waals surface area contributed by atoms with Crippen molar-refractivity contribution in [2.24, 2.45) is 4.99 Å². The first-order valence-corrected chi connectivity index (χ1v) is 18.3. The molecule has 0 atom stereocenters. The van der Waals surface area contributed by atoms with Gasteiger partial charge in [0, 0.05) is 60.2 Å². The SMILES string of the molecule is O=C(O)c1ccc(-c2ccc(-c3ccncc3)cc2)cc1.O=C(O)c1ccc(C#Cc2ccncc2)cc1.O=C(O)c1ccc(C=Nc2ccc(-n3ccnc3)cc2)cc1. The standard InChI is InChI=1S/C18H13NO2.C17H13N3O2.C14H9NO2/c20-18(21)17-7-5-14(6-8-17)13-1-3-15(4-2-13)16-9-11-19-12-10-16;21-17(22)14-3-1-13(2-4-14)11-19-15-5-7-16(8-6-15)20-10-9-18-12-20;16-14(17)13-5-3-11(4-6-13)1-2-12-7-9-15-10-8-12/h1-12H,(H,20,21);1-12H,(H,21,22);3-10H,(H,16,17). The smallest absolute Gasteiger partial charge is 0.335 e. The zero-order valence-electron chi connectivity index (χ0n) is 31.8. The second kappa shape index (κ2) is 20.4. The van der Waals surface area contributed by atoms with Crippen molar-refractivity contribution >= 4 is 29.8 Å². The lowest BCUT2D eigenvalue weighted by atomic mass is 10.0. The Balaban J connectivity index is 0.000000152. The van der Waals surface area contributed by atoms with Crippen LogP contribution in [0.25, 0.3) is 27.9 Å². The van der Waals surface area contributed by atoms with Crippen molar-refractivity contribution in [3.8, 4) is 39.8 Å². The predicted molar refractivity (Wildman–Crippen MR) is 230 cm³/mol. The van der Waals surface area contributed by atoms with Gasteiger partial charge in [0.1, 0.15) is 0 Å². The van der Waals surface area contributed by atoms with Crippen molar-refractivity contribution in [2.75, 3.05) is 0 Å². The molecule has 60 heavy (non-hydrogen) atoms. The van der Waals surface area contributed by atoms with Crippen LogP contribution in [0.5, 0.6) is 0 Å². The molecule has 0 amide bonds. The number of carboxylic acid groups (broad SMARTS) is 3. The van der Waals surface area contributed by atoms with Gasteiger partial charge in [0.2, 0.25) is 0 Å². The summed E-state index contributed by atoms with van der Waals surface area (Å²) in [5, 5.41) is 26.5. The highest BCUT2D eigenvalue weighted by Gasteiger charge is 2.05. The quantitative estimate of drug-likeness (QED) is 0.100. The van der Waals surface area contributed by atoms with E-state index in [4.69, 9.17) is 15.3 Å². The molecule has 0 aliphatic rings. The van der Waals surface area contributed by atoms with Crippen LogP contribution >= 0.6 is 0 Å². The van der Waals surface area contributed by atoms with E-state index in [1.54, 1.807) is 104 Å². The topological polar surface area (TPSA) is 168 Å². The molecule has 5 aromatic carbocycles. The van der Waals surface area contributed by atoms with Crippen molar-refractivity contribution in [1.29, 1.82) is 0 Å². The molecule has 3 aromatic heterocycles. The molecule has 0 saturated heterocycles. The molecule has 8 rings (SSSR count). The van der Waals surface area contributed by atoms with E-state index >= 15 is 0 Å². The first kappa shape index (κ1) is 40.9. The fourth-order valence-electron chi connectivity index (χ4n) is 5.46. The van der Waals surface area contributed by atoms with Crippen LogP contribution in [0.2, 0.25) is 0 Å². The van der Waals surface area contributed by atoms with Crippen LogP contribution in [0.1, 0.15) is 47.8 Å². The third kappa shape index (κ3) is 11.9. The fourth-order valence-corrected chi connectivity index (χ4v) is 5.46. The number of carbonyl (C=O) groups is 3. The lowest BCUT2D eigenvalue weighted by Crippen LogP contribution is -1.95. The van der Waals surface area contributed by atoms with Crippen molar-refractivity contribution in [3.05, 3.63) is 222 Å². The Morgan fingerprint density at radius 1 is 0.467 bits per heavy atom. The lowest BCUT2D eigenvalue weighted by molar-refractivity contribution is 0.0686. The van der Waals surface area contributed by atoms with Gasteiger partial charge in [-0.15, -0.1) is 0 Å². The van der Waals surface area contributed by atoms with E-state index < -0.39 is 17.9 Å². The molecule has 11 heteroatoms. The highest BCUT2D eigenvalue weighted by atomic mass is 16.4. The fraction of sp³-hybridized carbons (Fsp3) is 0. The first-order chi connectivity index (χ1) is 29.2. The molecule has 0 saturated carbocycles. The third-order valence-corrected chi connectivity index (χ3v) is 8.70. The van der Waals surface area contributed by atoms with Crippen LogP contribution in [0.4, 0.5) is 5.69 Å². The number of nitrogens with zero attached hydrogens (tertiary/aromatic N) is 5. The third-order valence-electron chi connectivity index (χ3n) is 8.70. The molecule has 8 aromatic rings. The molecule has 0 unspecified atom stereocenters. The summed E-state index contributed by atoms with van der Waals surface area (Å²) in [6.07, 6.45) is 14.0. The number of hydrogen-bond acceptors (Lipinski definition) is 7. The van der Waals surface area contributed by atoms with E-state index in [2.05, 4.69) is 43.9 Å². The predicted octanol–water partition coefficient (Wildman–Crippen LogP) is 9.61. The maximum Gasteiger partial charge on any atom is 0.335 e. The van der Waals surface area contributed by atoms with Gasteiger partial charge in [0.15, 0.2) is 0 Å². The summed E-state index contributed by atoms with van der Waals surface area (Å²) in [6.45, 7) is 0. The zero-order chi connectivity index (χ0) is 42.1. The minimum Gasteiger partial charge on any atom is -0.478 e. The summed E-state index contributed by atoms with van der Waals surface area (Å²) in [4.78, 5) is 48.6. The van der Waals surface area contributed by atoms with E-state index in [1.807, 2.05) is 83.6 Å². The zero-order valence-corrected chi connectivity index (χ0v) is 31.8. The van der Waals surface area contributed by atoms with Crippen LogP contribution in [0.15, 0.2) is 194 Å². The molecule has 0 spiro atoms. The number of carboxylic acids is 3. The second-order valence-corrected chi connectivity index (χ2v) is 12.7. The Hall–Kier alpha value is -8.75. The number of benzene rings is 5. The number of hydrogen-bond donors (Lipinski definition) is 3. The van der Waals surface area contributed by atoms with Gasteiger partial charge in [-0.3, -0.25) is 15.0 Å². The van der Waals surface area contributed by atoms with E-state index in [1.165, 1.54) is 0 Å². The van der Waals surface area contributed by atoms with Gasteiger partial charge in [-0.1, -0.05) is 60.4 Å². The van der Waals surface area contributed by atoms with Crippen LogP contribution < -0.4 is 0 Å². The van der Waals surface area contributed by atoms with Gasteiger partial charge in [-0.05, 0) is 125 Å². The molecule has 0 aliphatic heterocycles. The van der Waals surface area contributed by atoms with Gasteiger partial charge in [0.25, 0.3) is 0 Å². The molecule has 3 heterocycles. The van der Waals surface area contributed by atoms with E-state index in [0.717, 1.165) is 50.3 Å². The number of pyridine rings is 2. The van der Waals surface area contributed by atoms with Gasteiger partial charge in [0.05, 0.1) is 28.7 Å². The van der Waals surface area contributed by atoms with Crippen LogP contribution in [0, 0.1) is 11.8 Å². The van der Waals surface area contributed by atoms with Gasteiger partial charge >= 0.3 is 17.9 Å². The molecular formula is C49H35N5O6. The normalized spacial score (nSPS) is 10.2. The second-order valence-electron chi connectivity index (χ2n) is 12.7. The minimum absolute atomic E-state index is 0.263. The number of rotatable bonds is 8. The van der Waals surface area contributed by atoms with Crippen LogP contribution in [0.3, 0.4) is 0 Å². The summed E-state index contributed by atoms with van der Waals surface area (Å²) in [5.74, 6) is 3.16. The number of aromatic nitrogens is 4. The van der Waals surface area contributed by atoms with E-state index in [-0.39, 0.29) is 11.1 Å². The number of imidazole rings is 1. The highest BCUT2D eigenvalue weighted by Crippen LogP contribution is 2.25. The molecule has 3 N–H and O–H groups in total. The van der Waals surface area contributed by atoms with Crippen LogP contribution in [-0.2, 0) is 0 Å². The van der Waals surface area contributed by atoms with E-state index in [9.17, 15) is 14.4 Å². The Bertz CT molecular complexity index is 2730. The summed E-state index contributed by atoms with van der Waals surface area (Å²) < 4.78 is 1.91. The molecule has 11 nitrogen and oxygen atoms in total. The Morgan fingerprint density at radius 2 is 0.883 bits per heavy atom. The molecular weight excluding hydrogens is 755 g/mol. The lowest BCUT2D eigenvalue weighted by Gasteiger charge is -2.05. The van der Waals surface area contributed by atoms with Crippen molar-refractivity contribution in [1.82, 2.24) is 19.5 Å². The summed E-state index contributed by atoms with van der Waals surface area (Å²) in [7, 11) is 0. The average Bonchev–Trinajstić information content (AvgIpc) is 3.85. The summed E-state index contributed by atoms with van der Waals surface area (Å²) in [6, 6.07) is 43.4. The number of aliphatic imine (C=N–C) groups is 1. The van der Waals surface area contributed by atoms with Gasteiger partial charge < -0.3 is 19.9 Å². The van der Waals surface area contributed by atoms with Gasteiger partial charge in [-0.25, -0.2) is 19.4 Å². The molecule has 0 radical (unpaired) electrons. The largest absolute Gasteiger partial charge is 0.478 e. The number of aromatic carboxylic acids is 3. The van der Waals surface area contributed by atoms with Gasteiger partial charge in [-0.2, -0.15) is 0 Å². The van der Waals surface area contributed by atoms with E-state index in [0.29, 0.717) is 5.56 Å².